The molecule has 0 saturated heterocycles. The van der Waals surface area contributed by atoms with Crippen molar-refractivity contribution in [3.63, 3.8) is 0 Å². The number of rotatable bonds is 6. The van der Waals surface area contributed by atoms with Crippen molar-refractivity contribution in [2.75, 3.05) is 6.79 Å². The second kappa shape index (κ2) is 7.76. The summed E-state index contributed by atoms with van der Waals surface area (Å²) in [5.74, 6) is 0.748. The number of hydrogen-bond acceptors (Lipinski definition) is 4. The number of carbonyl (C=O) groups excluding carboxylic acids is 1. The Hall–Kier alpha value is -2.24. The van der Waals surface area contributed by atoms with Crippen LogP contribution in [-0.2, 0) is 17.9 Å². The zero-order valence-corrected chi connectivity index (χ0v) is 14.9. The standard InChI is InChI=1S/C19H20ClNO4/c1-12(2)23-10-14-6-4-3-5-13(14)9-21-19(22)15-7-16(20)18-17(8-15)24-11-25-18/h3-8,12H,9-11H2,1-2H3,(H,21,22). The third-order valence-corrected chi connectivity index (χ3v) is 4.10. The molecule has 2 aromatic rings. The van der Waals surface area contributed by atoms with Crippen LogP contribution in [0.5, 0.6) is 11.5 Å². The lowest BCUT2D eigenvalue weighted by atomic mass is 10.1. The van der Waals surface area contributed by atoms with Crippen LogP contribution in [0.1, 0.15) is 35.3 Å². The average Bonchev–Trinajstić information content (AvgIpc) is 3.07. The summed E-state index contributed by atoms with van der Waals surface area (Å²) in [4.78, 5) is 12.5. The molecule has 5 nitrogen and oxygen atoms in total. The molecule has 132 valence electrons. The van der Waals surface area contributed by atoms with Crippen LogP contribution in [0, 0.1) is 0 Å². The Morgan fingerprint density at radius 1 is 1.24 bits per heavy atom. The smallest absolute Gasteiger partial charge is 0.251 e. The fourth-order valence-corrected chi connectivity index (χ4v) is 2.77. The quantitative estimate of drug-likeness (QED) is 0.847. The third kappa shape index (κ3) is 4.24. The van der Waals surface area contributed by atoms with Gasteiger partial charge in [0.15, 0.2) is 11.5 Å². The van der Waals surface area contributed by atoms with Gasteiger partial charge in [-0.3, -0.25) is 4.79 Å². The number of ether oxygens (including phenoxy) is 3. The molecule has 1 aliphatic heterocycles. The normalized spacial score (nSPS) is 12.5. The van der Waals surface area contributed by atoms with E-state index in [0.717, 1.165) is 11.1 Å². The first-order chi connectivity index (χ1) is 12.0. The molecule has 0 aliphatic carbocycles. The molecule has 25 heavy (non-hydrogen) atoms. The molecule has 0 spiro atoms. The summed E-state index contributed by atoms with van der Waals surface area (Å²) >= 11 is 6.13. The molecule has 1 aliphatic rings. The molecule has 1 amide bonds. The van der Waals surface area contributed by atoms with E-state index in [0.29, 0.717) is 35.2 Å². The van der Waals surface area contributed by atoms with E-state index in [1.165, 1.54) is 0 Å². The molecule has 0 unspecified atom stereocenters. The van der Waals surface area contributed by atoms with Gasteiger partial charge in [-0.2, -0.15) is 0 Å². The molecule has 0 fully saturated rings. The van der Waals surface area contributed by atoms with Gasteiger partial charge in [-0.05, 0) is 37.1 Å². The van der Waals surface area contributed by atoms with Gasteiger partial charge in [-0.25, -0.2) is 0 Å². The average molecular weight is 362 g/mol. The van der Waals surface area contributed by atoms with E-state index in [1.54, 1.807) is 12.1 Å². The van der Waals surface area contributed by atoms with Crippen molar-refractivity contribution < 1.29 is 19.0 Å². The van der Waals surface area contributed by atoms with Gasteiger partial charge in [0.25, 0.3) is 5.91 Å². The van der Waals surface area contributed by atoms with Crippen molar-refractivity contribution in [2.24, 2.45) is 0 Å². The Balaban J connectivity index is 1.68. The van der Waals surface area contributed by atoms with E-state index >= 15 is 0 Å². The topological polar surface area (TPSA) is 56.8 Å². The number of nitrogens with one attached hydrogen (secondary N) is 1. The molecule has 1 N–H and O–H groups in total. The lowest BCUT2D eigenvalue weighted by Crippen LogP contribution is -2.23. The zero-order chi connectivity index (χ0) is 17.8. The van der Waals surface area contributed by atoms with Crippen LogP contribution in [0.3, 0.4) is 0 Å². The van der Waals surface area contributed by atoms with Crippen molar-refractivity contribution >= 4 is 17.5 Å². The second-order valence-electron chi connectivity index (χ2n) is 6.00. The number of carbonyl (C=O) groups is 1. The molecule has 0 bridgehead atoms. The summed E-state index contributed by atoms with van der Waals surface area (Å²) in [6.07, 6.45) is 0.151. The molecule has 1 heterocycles. The number of hydrogen-bond donors (Lipinski definition) is 1. The Bertz CT molecular complexity index is 776. The van der Waals surface area contributed by atoms with Crippen LogP contribution >= 0.6 is 11.6 Å². The summed E-state index contributed by atoms with van der Waals surface area (Å²) < 4.78 is 16.2. The van der Waals surface area contributed by atoms with Crippen LogP contribution in [0.25, 0.3) is 0 Å². The van der Waals surface area contributed by atoms with Gasteiger partial charge >= 0.3 is 0 Å². The maximum atomic E-state index is 12.5. The van der Waals surface area contributed by atoms with Crippen molar-refractivity contribution in [3.8, 4) is 11.5 Å². The molecular formula is C19H20ClNO4. The first-order valence-corrected chi connectivity index (χ1v) is 8.48. The summed E-state index contributed by atoms with van der Waals surface area (Å²) in [5, 5.41) is 3.28. The number of halogens is 1. The molecule has 0 aromatic heterocycles. The maximum Gasteiger partial charge on any atom is 0.251 e. The third-order valence-electron chi connectivity index (χ3n) is 3.82. The van der Waals surface area contributed by atoms with Crippen LogP contribution in [0.2, 0.25) is 5.02 Å². The van der Waals surface area contributed by atoms with Crippen molar-refractivity contribution in [1.82, 2.24) is 5.32 Å². The summed E-state index contributed by atoms with van der Waals surface area (Å²) in [7, 11) is 0. The Kier molecular flexibility index (Phi) is 5.46. The highest BCUT2D eigenvalue weighted by molar-refractivity contribution is 6.32. The van der Waals surface area contributed by atoms with Gasteiger partial charge in [0.2, 0.25) is 6.79 Å². The van der Waals surface area contributed by atoms with E-state index < -0.39 is 0 Å². The minimum atomic E-state index is -0.222. The van der Waals surface area contributed by atoms with Gasteiger partial charge in [0, 0.05) is 12.1 Å². The second-order valence-corrected chi connectivity index (χ2v) is 6.41. The van der Waals surface area contributed by atoms with E-state index in [4.69, 9.17) is 25.8 Å². The van der Waals surface area contributed by atoms with Gasteiger partial charge < -0.3 is 19.5 Å². The Morgan fingerprint density at radius 3 is 2.76 bits per heavy atom. The molecule has 6 heteroatoms. The highest BCUT2D eigenvalue weighted by Gasteiger charge is 2.20. The van der Waals surface area contributed by atoms with Gasteiger partial charge in [0.1, 0.15) is 0 Å². The predicted octanol–water partition coefficient (Wildman–Crippen LogP) is 3.92. The van der Waals surface area contributed by atoms with Crippen LogP contribution < -0.4 is 14.8 Å². The van der Waals surface area contributed by atoms with E-state index in [-0.39, 0.29) is 18.8 Å². The van der Waals surface area contributed by atoms with Gasteiger partial charge in [-0.1, -0.05) is 35.9 Å². The summed E-state index contributed by atoms with van der Waals surface area (Å²) in [6, 6.07) is 11.1. The van der Waals surface area contributed by atoms with Crippen molar-refractivity contribution in [3.05, 3.63) is 58.1 Å². The molecular weight excluding hydrogens is 342 g/mol. The van der Waals surface area contributed by atoms with E-state index in [2.05, 4.69) is 5.32 Å². The monoisotopic (exact) mass is 361 g/mol. The van der Waals surface area contributed by atoms with Gasteiger partial charge in [-0.15, -0.1) is 0 Å². The number of benzene rings is 2. The Morgan fingerprint density at radius 2 is 2.00 bits per heavy atom. The largest absolute Gasteiger partial charge is 0.454 e. The zero-order valence-electron chi connectivity index (χ0n) is 14.2. The number of amides is 1. The lowest BCUT2D eigenvalue weighted by molar-refractivity contribution is 0.0651. The SMILES string of the molecule is CC(C)OCc1ccccc1CNC(=O)c1cc(Cl)c2c(c1)OCO2. The molecule has 0 saturated carbocycles. The molecule has 0 atom stereocenters. The van der Waals surface area contributed by atoms with Crippen molar-refractivity contribution in [2.45, 2.75) is 33.1 Å². The fourth-order valence-electron chi connectivity index (χ4n) is 2.50. The van der Waals surface area contributed by atoms with Crippen LogP contribution in [0.4, 0.5) is 0 Å². The molecule has 2 aromatic carbocycles. The first-order valence-electron chi connectivity index (χ1n) is 8.10. The molecule has 3 rings (SSSR count). The Labute approximate surface area is 151 Å². The van der Waals surface area contributed by atoms with Gasteiger partial charge in [0.05, 0.1) is 17.7 Å². The number of fused-ring (bicyclic) bond motifs is 1. The van der Waals surface area contributed by atoms with E-state index in [1.807, 2.05) is 38.1 Å². The predicted molar refractivity (Wildman–Crippen MR) is 95.1 cm³/mol. The summed E-state index contributed by atoms with van der Waals surface area (Å²) in [5.41, 5.74) is 2.51. The highest BCUT2D eigenvalue weighted by atomic mass is 35.5. The summed E-state index contributed by atoms with van der Waals surface area (Å²) in [6.45, 7) is 5.02. The highest BCUT2D eigenvalue weighted by Crippen LogP contribution is 2.39. The van der Waals surface area contributed by atoms with Crippen LogP contribution in [-0.4, -0.2) is 18.8 Å². The molecule has 0 radical (unpaired) electrons. The fraction of sp³-hybridized carbons (Fsp3) is 0.316. The minimum Gasteiger partial charge on any atom is -0.454 e. The van der Waals surface area contributed by atoms with Crippen molar-refractivity contribution in [1.29, 1.82) is 0 Å². The maximum absolute atomic E-state index is 12.5. The van der Waals surface area contributed by atoms with E-state index in [9.17, 15) is 4.79 Å². The first kappa shape index (κ1) is 17.6. The lowest BCUT2D eigenvalue weighted by Gasteiger charge is -2.13. The van der Waals surface area contributed by atoms with Crippen LogP contribution in [0.15, 0.2) is 36.4 Å². The minimum absolute atomic E-state index is 0.114.